The number of hydrogen-bond donors (Lipinski definition) is 0. The van der Waals surface area contributed by atoms with Gasteiger partial charge in [0.25, 0.3) is 5.69 Å². The molecule has 0 unspecified atom stereocenters. The van der Waals surface area contributed by atoms with E-state index in [9.17, 15) is 19.3 Å². The minimum Gasteiger partial charge on any atom is -0.466 e. The second-order valence-electron chi connectivity index (χ2n) is 2.86. The Hall–Kier alpha value is -2.24. The zero-order chi connectivity index (χ0) is 12.1. The van der Waals surface area contributed by atoms with Crippen molar-refractivity contribution < 1.29 is 18.8 Å². The van der Waals surface area contributed by atoms with E-state index in [0.29, 0.717) is 0 Å². The molecule has 0 radical (unpaired) electrons. The van der Waals surface area contributed by atoms with Gasteiger partial charge in [0.05, 0.1) is 18.1 Å². The van der Waals surface area contributed by atoms with Crippen molar-refractivity contribution in [3.63, 3.8) is 0 Å². The van der Waals surface area contributed by atoms with E-state index < -0.39 is 16.7 Å². The van der Waals surface area contributed by atoms with E-state index in [0.717, 1.165) is 24.3 Å². The fourth-order valence-electron chi connectivity index (χ4n) is 1.03. The van der Waals surface area contributed by atoms with Crippen LogP contribution in [-0.2, 0) is 9.53 Å². The molecule has 0 amide bonds. The minimum absolute atomic E-state index is 0.220. The van der Waals surface area contributed by atoms with Gasteiger partial charge in [-0.25, -0.2) is 9.18 Å². The van der Waals surface area contributed by atoms with Gasteiger partial charge in [0.15, 0.2) is 0 Å². The standard InChI is InChI=1S/C10H8FNO4/c1-16-10(13)3-2-7-4-8(11)6-9(5-7)12(14)15/h2-6H,1H3/b3-2+. The first-order chi connectivity index (χ1) is 7.52. The zero-order valence-corrected chi connectivity index (χ0v) is 8.34. The maximum atomic E-state index is 12.9. The average Bonchev–Trinajstić information content (AvgIpc) is 2.25. The molecule has 1 rings (SSSR count). The van der Waals surface area contributed by atoms with Crippen LogP contribution in [0.3, 0.4) is 0 Å². The van der Waals surface area contributed by atoms with Crippen LogP contribution in [-0.4, -0.2) is 18.0 Å². The first kappa shape index (κ1) is 11.8. The van der Waals surface area contributed by atoms with E-state index in [2.05, 4.69) is 4.74 Å². The zero-order valence-electron chi connectivity index (χ0n) is 8.34. The van der Waals surface area contributed by atoms with Crippen LogP contribution in [0, 0.1) is 15.9 Å². The summed E-state index contributed by atoms with van der Waals surface area (Å²) in [4.78, 5) is 20.5. The SMILES string of the molecule is COC(=O)/C=C/c1cc(F)cc([N+](=O)[O-])c1. The topological polar surface area (TPSA) is 69.4 Å². The number of carbonyl (C=O) groups excluding carboxylic acids is 1. The molecule has 0 spiro atoms. The summed E-state index contributed by atoms with van der Waals surface area (Å²) in [6.45, 7) is 0. The Morgan fingerprint density at radius 3 is 2.75 bits per heavy atom. The van der Waals surface area contributed by atoms with E-state index in [4.69, 9.17) is 0 Å². The number of rotatable bonds is 3. The highest BCUT2D eigenvalue weighted by Crippen LogP contribution is 2.17. The summed E-state index contributed by atoms with van der Waals surface area (Å²) in [5, 5.41) is 10.4. The molecule has 0 aliphatic heterocycles. The van der Waals surface area contributed by atoms with Gasteiger partial charge in [0.1, 0.15) is 5.82 Å². The van der Waals surface area contributed by atoms with Crippen molar-refractivity contribution in [3.8, 4) is 0 Å². The van der Waals surface area contributed by atoms with Gasteiger partial charge in [-0.1, -0.05) is 0 Å². The molecule has 1 aromatic rings. The first-order valence-electron chi connectivity index (χ1n) is 4.24. The number of nitro benzene ring substituents is 1. The van der Waals surface area contributed by atoms with Crippen LogP contribution < -0.4 is 0 Å². The lowest BCUT2D eigenvalue weighted by molar-refractivity contribution is -0.385. The van der Waals surface area contributed by atoms with Crippen LogP contribution in [0.1, 0.15) is 5.56 Å². The minimum atomic E-state index is -0.737. The maximum Gasteiger partial charge on any atom is 0.330 e. The molecule has 0 aliphatic carbocycles. The summed E-state index contributed by atoms with van der Waals surface area (Å²) in [7, 11) is 1.20. The number of nitro groups is 1. The van der Waals surface area contributed by atoms with Crippen LogP contribution in [0.2, 0.25) is 0 Å². The molecule has 0 aliphatic rings. The maximum absolute atomic E-state index is 12.9. The Morgan fingerprint density at radius 1 is 1.50 bits per heavy atom. The molecule has 1 aromatic carbocycles. The van der Waals surface area contributed by atoms with Gasteiger partial charge < -0.3 is 4.74 Å². The Bertz CT molecular complexity index is 456. The lowest BCUT2D eigenvalue weighted by atomic mass is 10.2. The largest absolute Gasteiger partial charge is 0.466 e. The molecule has 6 heteroatoms. The van der Waals surface area contributed by atoms with Crippen molar-refractivity contribution in [2.75, 3.05) is 7.11 Å². The second-order valence-corrected chi connectivity index (χ2v) is 2.86. The first-order valence-corrected chi connectivity index (χ1v) is 4.24. The molecule has 0 bridgehead atoms. The lowest BCUT2D eigenvalue weighted by Crippen LogP contribution is -1.94. The molecule has 5 nitrogen and oxygen atoms in total. The number of halogens is 1. The predicted molar refractivity (Wildman–Crippen MR) is 54.1 cm³/mol. The van der Waals surface area contributed by atoms with Gasteiger partial charge in [-0.05, 0) is 17.7 Å². The Morgan fingerprint density at radius 2 is 2.19 bits per heavy atom. The molecule has 0 fully saturated rings. The van der Waals surface area contributed by atoms with E-state index in [1.54, 1.807) is 0 Å². The van der Waals surface area contributed by atoms with E-state index in [1.165, 1.54) is 13.2 Å². The third-order valence-electron chi connectivity index (χ3n) is 1.73. The summed E-state index contributed by atoms with van der Waals surface area (Å²) in [5.74, 6) is -1.36. The normalized spacial score (nSPS) is 10.4. The van der Waals surface area contributed by atoms with Gasteiger partial charge >= 0.3 is 5.97 Å². The summed E-state index contributed by atoms with van der Waals surface area (Å²) >= 11 is 0. The molecular weight excluding hydrogens is 217 g/mol. The van der Waals surface area contributed by atoms with Crippen molar-refractivity contribution in [2.24, 2.45) is 0 Å². The lowest BCUT2D eigenvalue weighted by Gasteiger charge is -1.96. The number of benzene rings is 1. The van der Waals surface area contributed by atoms with Gasteiger partial charge in [-0.2, -0.15) is 0 Å². The van der Waals surface area contributed by atoms with Crippen molar-refractivity contribution in [3.05, 3.63) is 45.8 Å². The summed E-state index contributed by atoms with van der Waals surface area (Å²) in [6.07, 6.45) is 2.29. The molecule has 84 valence electrons. The monoisotopic (exact) mass is 225 g/mol. The number of carbonyl (C=O) groups is 1. The van der Waals surface area contributed by atoms with E-state index >= 15 is 0 Å². The number of esters is 1. The Labute approximate surface area is 90.3 Å². The van der Waals surface area contributed by atoms with Crippen LogP contribution in [0.25, 0.3) is 6.08 Å². The molecule has 0 saturated carbocycles. The second kappa shape index (κ2) is 5.01. The molecule has 0 atom stereocenters. The Balaban J connectivity index is 3.01. The van der Waals surface area contributed by atoms with Crippen LogP contribution in [0.4, 0.5) is 10.1 Å². The highest BCUT2D eigenvalue weighted by Gasteiger charge is 2.08. The highest BCUT2D eigenvalue weighted by atomic mass is 19.1. The predicted octanol–water partition coefficient (Wildman–Crippen LogP) is 1.92. The Kier molecular flexibility index (Phi) is 3.71. The number of non-ortho nitro benzene ring substituents is 1. The van der Waals surface area contributed by atoms with Crippen LogP contribution in [0.15, 0.2) is 24.3 Å². The summed E-state index contributed by atoms with van der Waals surface area (Å²) < 4.78 is 17.3. The molecule has 0 saturated heterocycles. The number of ether oxygens (including phenoxy) is 1. The molecule has 0 N–H and O–H groups in total. The van der Waals surface area contributed by atoms with Crippen molar-refractivity contribution >= 4 is 17.7 Å². The van der Waals surface area contributed by atoms with Gasteiger partial charge in [0, 0.05) is 12.1 Å². The highest BCUT2D eigenvalue weighted by molar-refractivity contribution is 5.87. The molecular formula is C10H8FNO4. The van der Waals surface area contributed by atoms with Crippen molar-refractivity contribution in [1.29, 1.82) is 0 Å². The molecule has 0 aromatic heterocycles. The third kappa shape index (κ3) is 3.16. The fraction of sp³-hybridized carbons (Fsp3) is 0.100. The van der Waals surface area contributed by atoms with Crippen LogP contribution >= 0.6 is 0 Å². The number of hydrogen-bond acceptors (Lipinski definition) is 4. The van der Waals surface area contributed by atoms with E-state index in [1.807, 2.05) is 0 Å². The third-order valence-corrected chi connectivity index (χ3v) is 1.73. The molecule has 16 heavy (non-hydrogen) atoms. The van der Waals surface area contributed by atoms with Crippen molar-refractivity contribution in [1.82, 2.24) is 0 Å². The van der Waals surface area contributed by atoms with E-state index in [-0.39, 0.29) is 11.3 Å². The number of nitrogens with zero attached hydrogens (tertiary/aromatic N) is 1. The summed E-state index contributed by atoms with van der Waals surface area (Å²) in [5.41, 5.74) is -0.151. The van der Waals surface area contributed by atoms with Crippen molar-refractivity contribution in [2.45, 2.75) is 0 Å². The van der Waals surface area contributed by atoms with Gasteiger partial charge in [0.2, 0.25) is 0 Å². The fourth-order valence-corrected chi connectivity index (χ4v) is 1.03. The number of methoxy groups -OCH3 is 1. The van der Waals surface area contributed by atoms with Crippen LogP contribution in [0.5, 0.6) is 0 Å². The van der Waals surface area contributed by atoms with Gasteiger partial charge in [-0.15, -0.1) is 0 Å². The quantitative estimate of drug-likeness (QED) is 0.341. The average molecular weight is 225 g/mol. The summed E-state index contributed by atoms with van der Waals surface area (Å²) in [6, 6.07) is 3.03. The molecule has 0 heterocycles. The van der Waals surface area contributed by atoms with Gasteiger partial charge in [-0.3, -0.25) is 10.1 Å². The smallest absolute Gasteiger partial charge is 0.330 e.